The topological polar surface area (TPSA) is 47.3 Å². The van der Waals surface area contributed by atoms with Crippen LogP contribution in [-0.2, 0) is 17.6 Å². The van der Waals surface area contributed by atoms with E-state index >= 15 is 0 Å². The number of rotatable bonds is 6. The summed E-state index contributed by atoms with van der Waals surface area (Å²) in [4.78, 5) is 23.1. The van der Waals surface area contributed by atoms with Crippen molar-refractivity contribution >= 4 is 11.6 Å². The lowest BCUT2D eigenvalue weighted by Gasteiger charge is -2.05. The predicted molar refractivity (Wildman–Crippen MR) is 81.7 cm³/mol. The lowest BCUT2D eigenvalue weighted by molar-refractivity contribution is -0.117. The van der Waals surface area contributed by atoms with Gasteiger partial charge in [0.15, 0.2) is 5.78 Å². The molecule has 0 saturated carbocycles. The van der Waals surface area contributed by atoms with E-state index in [1.165, 1.54) is 0 Å². The van der Waals surface area contributed by atoms with Crippen molar-refractivity contribution in [1.29, 1.82) is 0 Å². The van der Waals surface area contributed by atoms with Crippen LogP contribution in [0.5, 0.6) is 0 Å². The highest BCUT2D eigenvalue weighted by Crippen LogP contribution is 2.27. The number of benzene rings is 1. The zero-order chi connectivity index (χ0) is 15.4. The molecule has 21 heavy (non-hydrogen) atoms. The molecule has 0 bridgehead atoms. The van der Waals surface area contributed by atoms with E-state index in [0.29, 0.717) is 30.6 Å². The second-order valence-corrected chi connectivity index (χ2v) is 5.36. The minimum atomic E-state index is 0.0104. The number of aryl methyl sites for hydroxylation is 2. The van der Waals surface area contributed by atoms with E-state index in [4.69, 9.17) is 4.42 Å². The monoisotopic (exact) mass is 284 g/mol. The largest absolute Gasteiger partial charge is 0.465 e. The van der Waals surface area contributed by atoms with Gasteiger partial charge in [-0.2, -0.15) is 0 Å². The molecule has 0 amide bonds. The van der Waals surface area contributed by atoms with Gasteiger partial charge in [0.1, 0.15) is 17.3 Å². The molecule has 0 saturated heterocycles. The molecule has 2 rings (SSSR count). The van der Waals surface area contributed by atoms with E-state index in [1.54, 1.807) is 13.8 Å². The van der Waals surface area contributed by atoms with Crippen LogP contribution in [0.15, 0.2) is 34.7 Å². The maximum Gasteiger partial charge on any atom is 0.163 e. The van der Waals surface area contributed by atoms with E-state index in [2.05, 4.69) is 0 Å². The van der Waals surface area contributed by atoms with Gasteiger partial charge in [-0.05, 0) is 26.3 Å². The van der Waals surface area contributed by atoms with E-state index in [0.717, 1.165) is 16.9 Å². The number of ketones is 2. The SMILES string of the molecule is CC(=O)CCc1oc(C)c(C(C)=O)c1Cc1ccccc1. The fourth-order valence-corrected chi connectivity index (χ4v) is 2.59. The minimum absolute atomic E-state index is 0.0104. The number of carbonyl (C=O) groups is 2. The third kappa shape index (κ3) is 3.69. The second kappa shape index (κ2) is 6.53. The number of hydrogen-bond donors (Lipinski definition) is 0. The highest BCUT2D eigenvalue weighted by molar-refractivity contribution is 5.97. The molecule has 0 N–H and O–H groups in total. The van der Waals surface area contributed by atoms with Crippen LogP contribution in [-0.4, -0.2) is 11.6 Å². The van der Waals surface area contributed by atoms with Crippen molar-refractivity contribution in [3.8, 4) is 0 Å². The van der Waals surface area contributed by atoms with Gasteiger partial charge >= 0.3 is 0 Å². The van der Waals surface area contributed by atoms with Gasteiger partial charge in [-0.25, -0.2) is 0 Å². The molecular formula is C18H20O3. The quantitative estimate of drug-likeness (QED) is 0.756. The first-order chi connectivity index (χ1) is 9.99. The van der Waals surface area contributed by atoms with Crippen molar-refractivity contribution in [3.05, 3.63) is 58.5 Å². The fraction of sp³-hybridized carbons (Fsp3) is 0.333. The Morgan fingerprint density at radius 2 is 1.76 bits per heavy atom. The Kier molecular flexibility index (Phi) is 4.73. The molecule has 1 heterocycles. The molecule has 0 spiro atoms. The first-order valence-electron chi connectivity index (χ1n) is 7.14. The van der Waals surface area contributed by atoms with Crippen LogP contribution < -0.4 is 0 Å². The maximum absolute atomic E-state index is 11.9. The van der Waals surface area contributed by atoms with Crippen molar-refractivity contribution in [2.75, 3.05) is 0 Å². The smallest absolute Gasteiger partial charge is 0.163 e. The molecule has 0 aliphatic heterocycles. The van der Waals surface area contributed by atoms with Crippen molar-refractivity contribution in [2.24, 2.45) is 0 Å². The molecule has 1 aromatic carbocycles. The van der Waals surface area contributed by atoms with Crippen molar-refractivity contribution in [3.63, 3.8) is 0 Å². The van der Waals surface area contributed by atoms with Crippen LogP contribution in [0.3, 0.4) is 0 Å². The van der Waals surface area contributed by atoms with E-state index < -0.39 is 0 Å². The summed E-state index contributed by atoms with van der Waals surface area (Å²) in [6, 6.07) is 9.98. The van der Waals surface area contributed by atoms with Gasteiger partial charge in [0.05, 0.1) is 5.56 Å². The molecule has 0 aliphatic carbocycles. The van der Waals surface area contributed by atoms with E-state index in [1.807, 2.05) is 37.3 Å². The zero-order valence-corrected chi connectivity index (χ0v) is 12.7. The highest BCUT2D eigenvalue weighted by Gasteiger charge is 2.21. The molecule has 0 atom stereocenters. The molecule has 0 unspecified atom stereocenters. The summed E-state index contributed by atoms with van der Waals surface area (Å²) in [6.07, 6.45) is 1.64. The summed E-state index contributed by atoms with van der Waals surface area (Å²) >= 11 is 0. The average molecular weight is 284 g/mol. The zero-order valence-electron chi connectivity index (χ0n) is 12.7. The molecule has 0 aliphatic rings. The first-order valence-corrected chi connectivity index (χ1v) is 7.14. The molecule has 110 valence electrons. The Morgan fingerprint density at radius 3 is 2.33 bits per heavy atom. The first kappa shape index (κ1) is 15.2. The maximum atomic E-state index is 11.9. The van der Waals surface area contributed by atoms with E-state index in [9.17, 15) is 9.59 Å². The van der Waals surface area contributed by atoms with Gasteiger partial charge < -0.3 is 9.21 Å². The third-order valence-corrected chi connectivity index (χ3v) is 3.55. The van der Waals surface area contributed by atoms with Crippen molar-refractivity contribution in [1.82, 2.24) is 0 Å². The second-order valence-electron chi connectivity index (χ2n) is 5.36. The Labute approximate surface area is 125 Å². The van der Waals surface area contributed by atoms with Gasteiger partial charge in [0, 0.05) is 24.8 Å². The van der Waals surface area contributed by atoms with Crippen LogP contribution in [0.4, 0.5) is 0 Å². The molecule has 0 radical (unpaired) electrons. The van der Waals surface area contributed by atoms with Crippen LogP contribution >= 0.6 is 0 Å². The minimum Gasteiger partial charge on any atom is -0.465 e. The Morgan fingerprint density at radius 1 is 1.10 bits per heavy atom. The van der Waals surface area contributed by atoms with Gasteiger partial charge in [-0.3, -0.25) is 4.79 Å². The number of carbonyl (C=O) groups excluding carboxylic acids is 2. The van der Waals surface area contributed by atoms with Gasteiger partial charge in [0.2, 0.25) is 0 Å². The Balaban J connectivity index is 2.39. The molecular weight excluding hydrogens is 264 g/mol. The summed E-state index contributed by atoms with van der Waals surface area (Å²) in [7, 11) is 0. The average Bonchev–Trinajstić information content (AvgIpc) is 2.73. The Bertz CT molecular complexity index is 651. The summed E-state index contributed by atoms with van der Waals surface area (Å²) in [5, 5.41) is 0. The summed E-state index contributed by atoms with van der Waals surface area (Å²) < 4.78 is 5.76. The van der Waals surface area contributed by atoms with Gasteiger partial charge in [0.25, 0.3) is 0 Å². The van der Waals surface area contributed by atoms with E-state index in [-0.39, 0.29) is 11.6 Å². The Hall–Kier alpha value is -2.16. The predicted octanol–water partition coefficient (Wildman–Crippen LogP) is 3.90. The standard InChI is InChI=1S/C18H20O3/c1-12(19)9-10-17-16(11-15-7-5-4-6-8-15)18(13(2)20)14(3)21-17/h4-8H,9-11H2,1-3H3. The molecule has 3 nitrogen and oxygen atoms in total. The molecule has 0 fully saturated rings. The molecule has 1 aromatic heterocycles. The summed E-state index contributed by atoms with van der Waals surface area (Å²) in [6.45, 7) is 4.93. The third-order valence-electron chi connectivity index (χ3n) is 3.55. The molecule has 2 aromatic rings. The van der Waals surface area contributed by atoms with Crippen molar-refractivity contribution < 1.29 is 14.0 Å². The number of furan rings is 1. The molecule has 3 heteroatoms. The lowest BCUT2D eigenvalue weighted by atomic mass is 9.96. The van der Waals surface area contributed by atoms with Crippen LogP contribution in [0.25, 0.3) is 0 Å². The number of Topliss-reactive ketones (excluding diaryl/α,β-unsaturated/α-hetero) is 2. The van der Waals surface area contributed by atoms with Crippen molar-refractivity contribution in [2.45, 2.75) is 40.0 Å². The summed E-state index contributed by atoms with van der Waals surface area (Å²) in [5.41, 5.74) is 2.72. The van der Waals surface area contributed by atoms with Gasteiger partial charge in [-0.1, -0.05) is 30.3 Å². The normalized spacial score (nSPS) is 10.6. The van der Waals surface area contributed by atoms with Crippen LogP contribution in [0.1, 0.15) is 53.3 Å². The summed E-state index contributed by atoms with van der Waals surface area (Å²) in [5.74, 6) is 1.54. The lowest BCUT2D eigenvalue weighted by Crippen LogP contribution is -2.02. The van der Waals surface area contributed by atoms with Crippen LogP contribution in [0.2, 0.25) is 0 Å². The highest BCUT2D eigenvalue weighted by atomic mass is 16.3. The fourth-order valence-electron chi connectivity index (χ4n) is 2.59. The number of hydrogen-bond acceptors (Lipinski definition) is 3. The van der Waals surface area contributed by atoms with Gasteiger partial charge in [-0.15, -0.1) is 0 Å². The van der Waals surface area contributed by atoms with Crippen LogP contribution in [0, 0.1) is 6.92 Å².